The van der Waals surface area contributed by atoms with E-state index in [1.807, 2.05) is 0 Å². The molecule has 3 rings (SSSR count). The van der Waals surface area contributed by atoms with Gasteiger partial charge >= 0.3 is 0 Å². The van der Waals surface area contributed by atoms with Gasteiger partial charge in [-0.1, -0.05) is 0 Å². The third-order valence-corrected chi connectivity index (χ3v) is 4.25. The third-order valence-electron chi connectivity index (χ3n) is 2.86. The van der Waals surface area contributed by atoms with Gasteiger partial charge in [-0.25, -0.2) is 0 Å². The summed E-state index contributed by atoms with van der Waals surface area (Å²) in [6.07, 6.45) is 6.69. The second-order valence-electron chi connectivity index (χ2n) is 4.47. The molecule has 9 heteroatoms. The summed E-state index contributed by atoms with van der Waals surface area (Å²) < 4.78 is 26.8. The Morgan fingerprint density at radius 2 is 2.16 bits per heavy atom. The van der Waals surface area contributed by atoms with Crippen molar-refractivity contribution in [3.63, 3.8) is 0 Å². The summed E-state index contributed by atoms with van der Waals surface area (Å²) in [6.45, 7) is 0.489. The molecule has 0 spiro atoms. The summed E-state index contributed by atoms with van der Waals surface area (Å²) in [5, 5.41) is 15.9. The van der Waals surface area contributed by atoms with E-state index in [1.54, 1.807) is 0 Å². The van der Waals surface area contributed by atoms with Gasteiger partial charge in [0.2, 0.25) is 0 Å². The minimum absolute atomic E-state index is 0.0850. The number of nitrogens with zero attached hydrogens (tertiary/aromatic N) is 2. The van der Waals surface area contributed by atoms with Crippen molar-refractivity contribution in [1.29, 1.82) is 0 Å². The van der Waals surface area contributed by atoms with Gasteiger partial charge in [-0.05, 0) is 12.8 Å². The molecule has 2 heterocycles. The van der Waals surface area contributed by atoms with Gasteiger partial charge < -0.3 is 5.32 Å². The van der Waals surface area contributed by atoms with Crippen LogP contribution in [-0.4, -0.2) is 34.9 Å². The highest BCUT2D eigenvalue weighted by atomic mass is 32.2. The number of anilines is 1. The summed E-state index contributed by atoms with van der Waals surface area (Å²) in [5.74, 6) is 0. The van der Waals surface area contributed by atoms with Crippen LogP contribution in [0.4, 0.5) is 5.69 Å². The molecule has 102 valence electrons. The Kier molecular flexibility index (Phi) is 2.99. The first-order valence-electron chi connectivity index (χ1n) is 5.92. The Hall–Kier alpha value is -1.87. The maximum atomic E-state index is 12.2. The average Bonchev–Trinajstić information content (AvgIpc) is 2.87. The molecule has 19 heavy (non-hydrogen) atoms. The van der Waals surface area contributed by atoms with E-state index < -0.39 is 10.0 Å². The van der Waals surface area contributed by atoms with Gasteiger partial charge in [-0.3, -0.25) is 14.9 Å². The van der Waals surface area contributed by atoms with E-state index >= 15 is 0 Å². The molecular formula is C10H14N6O2S. The molecule has 0 radical (unpaired) electrons. The van der Waals surface area contributed by atoms with Crippen LogP contribution < -0.4 is 10.0 Å². The molecule has 1 aliphatic carbocycles. The molecule has 1 fully saturated rings. The van der Waals surface area contributed by atoms with Crippen LogP contribution in [0.3, 0.4) is 0 Å². The Morgan fingerprint density at radius 3 is 2.84 bits per heavy atom. The Morgan fingerprint density at radius 1 is 1.32 bits per heavy atom. The van der Waals surface area contributed by atoms with Crippen molar-refractivity contribution in [3.05, 3.63) is 24.2 Å². The highest BCUT2D eigenvalue weighted by Crippen LogP contribution is 2.21. The van der Waals surface area contributed by atoms with Crippen molar-refractivity contribution in [2.24, 2.45) is 0 Å². The van der Waals surface area contributed by atoms with Crippen LogP contribution in [0.25, 0.3) is 0 Å². The van der Waals surface area contributed by atoms with Crippen molar-refractivity contribution < 1.29 is 8.42 Å². The van der Waals surface area contributed by atoms with E-state index in [-0.39, 0.29) is 5.03 Å². The topological polar surface area (TPSA) is 116 Å². The van der Waals surface area contributed by atoms with Crippen molar-refractivity contribution >= 4 is 15.7 Å². The molecule has 0 aliphatic heterocycles. The van der Waals surface area contributed by atoms with Crippen LogP contribution in [0.15, 0.2) is 23.6 Å². The predicted octanol–water partition coefficient (Wildman–Crippen LogP) is 0.186. The van der Waals surface area contributed by atoms with Crippen molar-refractivity contribution in [1.82, 2.24) is 25.7 Å². The van der Waals surface area contributed by atoms with Crippen molar-refractivity contribution in [2.45, 2.75) is 30.5 Å². The predicted molar refractivity (Wildman–Crippen MR) is 67.8 cm³/mol. The smallest absolute Gasteiger partial charge is 0.279 e. The van der Waals surface area contributed by atoms with Gasteiger partial charge in [0, 0.05) is 24.3 Å². The highest BCUT2D eigenvalue weighted by molar-refractivity contribution is 7.92. The van der Waals surface area contributed by atoms with Crippen molar-refractivity contribution in [2.75, 3.05) is 4.72 Å². The fourth-order valence-electron chi connectivity index (χ4n) is 1.71. The van der Waals surface area contributed by atoms with Gasteiger partial charge in [0.25, 0.3) is 10.0 Å². The fraction of sp³-hybridized carbons (Fsp3) is 0.400. The second kappa shape index (κ2) is 4.67. The van der Waals surface area contributed by atoms with Crippen LogP contribution in [0.5, 0.6) is 0 Å². The monoisotopic (exact) mass is 282 g/mol. The van der Waals surface area contributed by atoms with Gasteiger partial charge in [0.1, 0.15) is 0 Å². The number of sulfonamides is 1. The van der Waals surface area contributed by atoms with Crippen LogP contribution in [0.1, 0.15) is 18.4 Å². The number of aromatic nitrogens is 4. The highest BCUT2D eigenvalue weighted by Gasteiger charge is 2.24. The second-order valence-corrected chi connectivity index (χ2v) is 6.09. The minimum atomic E-state index is -3.67. The lowest BCUT2D eigenvalue weighted by Gasteiger charge is -2.06. The first kappa shape index (κ1) is 12.2. The number of rotatable bonds is 6. The van der Waals surface area contributed by atoms with E-state index in [4.69, 9.17) is 0 Å². The molecule has 0 atom stereocenters. The first-order chi connectivity index (χ1) is 9.15. The Labute approximate surface area is 110 Å². The number of aromatic amines is 2. The first-order valence-corrected chi connectivity index (χ1v) is 7.41. The van der Waals surface area contributed by atoms with Crippen LogP contribution >= 0.6 is 0 Å². The Bertz CT molecular complexity index is 643. The van der Waals surface area contributed by atoms with E-state index in [2.05, 4.69) is 30.4 Å². The van der Waals surface area contributed by atoms with Crippen LogP contribution in [0, 0.1) is 0 Å². The standard InChI is InChI=1S/C10H14N6O2S/c17-19(18,16-9-5-12-13-6-9)10-7(4-14-15-10)3-11-8-1-2-8/h4-6,8,11,16H,1-3H2,(H,12,13)(H,14,15). The maximum Gasteiger partial charge on any atom is 0.279 e. The SMILES string of the molecule is O=S(=O)(Nc1cn[nH]c1)c1[nH]ncc1CNC1CC1. The molecule has 0 bridgehead atoms. The molecule has 1 saturated carbocycles. The normalized spacial score (nSPS) is 15.6. The molecule has 1 aliphatic rings. The summed E-state index contributed by atoms with van der Waals surface area (Å²) in [5.41, 5.74) is 1.01. The lowest BCUT2D eigenvalue weighted by Crippen LogP contribution is -2.19. The molecule has 0 aromatic carbocycles. The molecular weight excluding hydrogens is 268 g/mol. The number of hydrogen-bond donors (Lipinski definition) is 4. The average molecular weight is 282 g/mol. The van der Waals surface area contributed by atoms with E-state index in [1.165, 1.54) is 18.6 Å². The molecule has 0 amide bonds. The van der Waals surface area contributed by atoms with Gasteiger partial charge in [-0.15, -0.1) is 0 Å². The molecule has 2 aromatic heterocycles. The summed E-state index contributed by atoms with van der Waals surface area (Å²) in [6, 6.07) is 0.507. The van der Waals surface area contributed by atoms with E-state index in [9.17, 15) is 8.42 Å². The fourth-order valence-corrected chi connectivity index (χ4v) is 2.88. The van der Waals surface area contributed by atoms with Crippen LogP contribution in [0.2, 0.25) is 0 Å². The number of H-pyrrole nitrogens is 2. The third kappa shape index (κ3) is 2.76. The molecule has 2 aromatic rings. The minimum Gasteiger partial charge on any atom is -0.310 e. The summed E-state index contributed by atoms with van der Waals surface area (Å²) in [7, 11) is -3.67. The number of hydrogen-bond acceptors (Lipinski definition) is 5. The lowest BCUT2D eigenvalue weighted by atomic mass is 10.3. The van der Waals surface area contributed by atoms with Gasteiger partial charge in [0.05, 0.1) is 18.1 Å². The van der Waals surface area contributed by atoms with Crippen LogP contribution in [-0.2, 0) is 16.6 Å². The zero-order valence-electron chi connectivity index (χ0n) is 10.0. The number of nitrogens with one attached hydrogen (secondary N) is 4. The molecule has 8 nitrogen and oxygen atoms in total. The molecule has 0 unspecified atom stereocenters. The Balaban J connectivity index is 1.78. The summed E-state index contributed by atoms with van der Waals surface area (Å²) in [4.78, 5) is 0. The molecule has 0 saturated heterocycles. The van der Waals surface area contributed by atoms with Gasteiger partial charge in [0.15, 0.2) is 5.03 Å². The van der Waals surface area contributed by atoms with Crippen molar-refractivity contribution in [3.8, 4) is 0 Å². The maximum absolute atomic E-state index is 12.2. The quantitative estimate of drug-likeness (QED) is 0.603. The molecule has 4 N–H and O–H groups in total. The zero-order valence-corrected chi connectivity index (χ0v) is 10.9. The zero-order chi connectivity index (χ0) is 13.3. The van der Waals surface area contributed by atoms with E-state index in [0.717, 1.165) is 12.8 Å². The van der Waals surface area contributed by atoms with E-state index in [0.29, 0.717) is 23.8 Å². The summed E-state index contributed by atoms with van der Waals surface area (Å²) >= 11 is 0. The largest absolute Gasteiger partial charge is 0.310 e. The van der Waals surface area contributed by atoms with Gasteiger partial charge in [-0.2, -0.15) is 18.6 Å². The lowest BCUT2D eigenvalue weighted by molar-refractivity contribution is 0.593.